The van der Waals surface area contributed by atoms with E-state index < -0.39 is 0 Å². The molecular weight excluding hydrogens is 400 g/mol. The number of benzene rings is 2. The second-order valence-electron chi connectivity index (χ2n) is 6.47. The highest BCUT2D eigenvalue weighted by Gasteiger charge is 2.11. The van der Waals surface area contributed by atoms with Gasteiger partial charge in [-0.25, -0.2) is 0 Å². The van der Waals surface area contributed by atoms with Crippen LogP contribution < -0.4 is 15.0 Å². The van der Waals surface area contributed by atoms with Crippen LogP contribution in [0.1, 0.15) is 20.3 Å². The van der Waals surface area contributed by atoms with Crippen LogP contribution in [0.5, 0.6) is 5.75 Å². The number of anilines is 2. The lowest BCUT2D eigenvalue weighted by atomic mass is 10.2. The highest BCUT2D eigenvalue weighted by molar-refractivity contribution is 7.99. The summed E-state index contributed by atoms with van der Waals surface area (Å²) in [5, 5.41) is 11.5. The van der Waals surface area contributed by atoms with Crippen LogP contribution in [0.15, 0.2) is 58.2 Å². The number of methoxy groups -OCH3 is 1. The van der Waals surface area contributed by atoms with Gasteiger partial charge in [-0.1, -0.05) is 11.8 Å². The van der Waals surface area contributed by atoms with Gasteiger partial charge >= 0.3 is 0 Å². The zero-order chi connectivity index (χ0) is 21.3. The molecule has 0 saturated heterocycles. The van der Waals surface area contributed by atoms with E-state index in [2.05, 4.69) is 46.4 Å². The molecule has 0 spiro atoms. The van der Waals surface area contributed by atoms with Crippen molar-refractivity contribution >= 4 is 29.0 Å². The van der Waals surface area contributed by atoms with E-state index >= 15 is 0 Å². The van der Waals surface area contributed by atoms with Gasteiger partial charge < -0.3 is 19.4 Å². The summed E-state index contributed by atoms with van der Waals surface area (Å²) >= 11 is 1.37. The number of ether oxygens (including phenoxy) is 1. The summed E-state index contributed by atoms with van der Waals surface area (Å²) in [6, 6.07) is 15.3. The molecule has 7 nitrogen and oxygen atoms in total. The average Bonchev–Trinajstić information content (AvgIpc) is 3.24. The molecule has 3 aromatic rings. The van der Waals surface area contributed by atoms with Crippen molar-refractivity contribution in [2.75, 3.05) is 36.2 Å². The quantitative estimate of drug-likeness (QED) is 0.470. The van der Waals surface area contributed by atoms with Gasteiger partial charge in [0, 0.05) is 42.2 Å². The molecule has 0 atom stereocenters. The fraction of sp³-hybridized carbons (Fsp3) is 0.318. The second-order valence-corrected chi connectivity index (χ2v) is 7.51. The Morgan fingerprint density at radius 1 is 1.07 bits per heavy atom. The van der Waals surface area contributed by atoms with Crippen molar-refractivity contribution in [3.05, 3.63) is 48.5 Å². The van der Waals surface area contributed by atoms with E-state index in [1.807, 2.05) is 12.1 Å². The smallest absolute Gasteiger partial charge is 0.276 e. The first-order valence-corrected chi connectivity index (χ1v) is 10.9. The number of carbonyl (C=O) groups is 1. The Balaban J connectivity index is 1.48. The molecule has 3 rings (SSSR count). The van der Waals surface area contributed by atoms with E-state index in [-0.39, 0.29) is 5.91 Å². The number of carbonyl (C=O) groups excluding carboxylic acids is 1. The molecule has 0 fully saturated rings. The van der Waals surface area contributed by atoms with E-state index in [4.69, 9.17) is 9.15 Å². The van der Waals surface area contributed by atoms with Crippen LogP contribution in [0.3, 0.4) is 0 Å². The van der Waals surface area contributed by atoms with Gasteiger partial charge in [-0.2, -0.15) is 0 Å². The number of aromatic nitrogens is 2. The number of hydrogen-bond acceptors (Lipinski definition) is 7. The zero-order valence-electron chi connectivity index (χ0n) is 17.4. The number of nitrogens with one attached hydrogen (secondary N) is 1. The summed E-state index contributed by atoms with van der Waals surface area (Å²) in [6.45, 7) is 6.19. The molecule has 1 aromatic heterocycles. The lowest BCUT2D eigenvalue weighted by Gasteiger charge is -2.20. The molecule has 0 unspecified atom stereocenters. The van der Waals surface area contributed by atoms with Gasteiger partial charge in [-0.05, 0) is 62.4 Å². The minimum Gasteiger partial charge on any atom is -0.497 e. The van der Waals surface area contributed by atoms with Gasteiger partial charge in [0.2, 0.25) is 11.8 Å². The summed E-state index contributed by atoms with van der Waals surface area (Å²) in [4.78, 5) is 14.4. The Morgan fingerprint density at radius 2 is 1.77 bits per heavy atom. The van der Waals surface area contributed by atoms with Gasteiger partial charge in [0.05, 0.1) is 7.11 Å². The maximum absolute atomic E-state index is 12.1. The van der Waals surface area contributed by atoms with Gasteiger partial charge in [0.1, 0.15) is 5.75 Å². The summed E-state index contributed by atoms with van der Waals surface area (Å²) in [5.74, 6) is 1.70. The highest BCUT2D eigenvalue weighted by atomic mass is 32.2. The predicted octanol–water partition coefficient (Wildman–Crippen LogP) is 4.71. The number of hydrogen-bond donors (Lipinski definition) is 1. The Bertz CT molecular complexity index is 938. The molecule has 1 amide bonds. The fourth-order valence-corrected chi connectivity index (χ4v) is 3.62. The first-order chi connectivity index (χ1) is 14.6. The largest absolute Gasteiger partial charge is 0.497 e. The fourth-order valence-electron chi connectivity index (χ4n) is 2.92. The monoisotopic (exact) mass is 426 g/mol. The average molecular weight is 427 g/mol. The molecule has 1 heterocycles. The molecule has 0 aliphatic carbocycles. The third-order valence-electron chi connectivity index (χ3n) is 4.58. The Labute approximate surface area is 180 Å². The van der Waals surface area contributed by atoms with E-state index in [0.717, 1.165) is 30.1 Å². The Hall–Kier alpha value is -3.00. The van der Waals surface area contributed by atoms with Crippen LogP contribution in [0.2, 0.25) is 0 Å². The van der Waals surface area contributed by atoms with Crippen LogP contribution in [-0.4, -0.2) is 42.1 Å². The zero-order valence-corrected chi connectivity index (χ0v) is 18.2. The van der Waals surface area contributed by atoms with Gasteiger partial charge in [-0.3, -0.25) is 4.79 Å². The molecule has 158 valence electrons. The molecule has 2 aromatic carbocycles. The molecular formula is C22H26N4O3S. The Kier molecular flexibility index (Phi) is 7.73. The van der Waals surface area contributed by atoms with Crippen LogP contribution in [0.25, 0.3) is 11.5 Å². The van der Waals surface area contributed by atoms with Gasteiger partial charge in [0.15, 0.2) is 0 Å². The van der Waals surface area contributed by atoms with Gasteiger partial charge in [-0.15, -0.1) is 10.2 Å². The van der Waals surface area contributed by atoms with Crippen LogP contribution in [0.4, 0.5) is 11.4 Å². The predicted molar refractivity (Wildman–Crippen MR) is 120 cm³/mol. The van der Waals surface area contributed by atoms with Crippen LogP contribution in [0, 0.1) is 0 Å². The minimum atomic E-state index is -0.0700. The first kappa shape index (κ1) is 21.7. The molecule has 0 aliphatic rings. The molecule has 0 bridgehead atoms. The summed E-state index contributed by atoms with van der Waals surface area (Å²) in [7, 11) is 1.61. The van der Waals surface area contributed by atoms with Crippen molar-refractivity contribution in [3.8, 4) is 17.2 Å². The standard InChI is InChI=1S/C22H26N4O3S/c1-4-26(5-2)18-10-6-16(7-11-18)21-24-25-22(29-21)30-15-14-20(27)23-17-8-12-19(28-3)13-9-17/h6-13H,4-5,14-15H2,1-3H3,(H,23,27). The van der Waals surface area contributed by atoms with Crippen molar-refractivity contribution in [1.29, 1.82) is 0 Å². The van der Waals surface area contributed by atoms with Crippen molar-refractivity contribution in [2.45, 2.75) is 25.5 Å². The normalized spacial score (nSPS) is 10.6. The minimum absolute atomic E-state index is 0.0700. The third kappa shape index (κ3) is 5.76. The number of rotatable bonds is 10. The maximum Gasteiger partial charge on any atom is 0.276 e. The number of nitrogens with zero attached hydrogens (tertiary/aromatic N) is 3. The first-order valence-electron chi connectivity index (χ1n) is 9.88. The highest BCUT2D eigenvalue weighted by Crippen LogP contribution is 2.26. The lowest BCUT2D eigenvalue weighted by Crippen LogP contribution is -2.21. The molecule has 0 saturated carbocycles. The van der Waals surface area contributed by atoms with Crippen molar-refractivity contribution in [2.24, 2.45) is 0 Å². The molecule has 0 aliphatic heterocycles. The van der Waals surface area contributed by atoms with E-state index in [0.29, 0.717) is 23.3 Å². The van der Waals surface area contributed by atoms with E-state index in [1.165, 1.54) is 17.4 Å². The SMILES string of the molecule is CCN(CC)c1ccc(-c2nnc(SCCC(=O)Nc3ccc(OC)cc3)o2)cc1. The summed E-state index contributed by atoms with van der Waals surface area (Å²) < 4.78 is 10.8. The molecule has 8 heteroatoms. The van der Waals surface area contributed by atoms with Crippen LogP contribution in [-0.2, 0) is 4.79 Å². The summed E-state index contributed by atoms with van der Waals surface area (Å²) in [5.41, 5.74) is 2.78. The van der Waals surface area contributed by atoms with E-state index in [1.54, 1.807) is 31.4 Å². The summed E-state index contributed by atoms with van der Waals surface area (Å²) in [6.07, 6.45) is 0.340. The number of thioether (sulfide) groups is 1. The maximum atomic E-state index is 12.1. The molecule has 0 radical (unpaired) electrons. The van der Waals surface area contributed by atoms with E-state index in [9.17, 15) is 4.79 Å². The number of amides is 1. The molecule has 1 N–H and O–H groups in total. The van der Waals surface area contributed by atoms with Gasteiger partial charge in [0.25, 0.3) is 5.22 Å². The second kappa shape index (κ2) is 10.7. The lowest BCUT2D eigenvalue weighted by molar-refractivity contribution is -0.115. The third-order valence-corrected chi connectivity index (χ3v) is 5.40. The molecule has 30 heavy (non-hydrogen) atoms. The Morgan fingerprint density at radius 3 is 2.40 bits per heavy atom. The van der Waals surface area contributed by atoms with Crippen molar-refractivity contribution in [1.82, 2.24) is 10.2 Å². The van der Waals surface area contributed by atoms with Crippen molar-refractivity contribution < 1.29 is 13.9 Å². The topological polar surface area (TPSA) is 80.5 Å². The van der Waals surface area contributed by atoms with Crippen molar-refractivity contribution in [3.63, 3.8) is 0 Å². The van der Waals surface area contributed by atoms with Crippen LogP contribution >= 0.6 is 11.8 Å².